The van der Waals surface area contributed by atoms with Crippen molar-refractivity contribution in [2.24, 2.45) is 5.73 Å². The van der Waals surface area contributed by atoms with Crippen LogP contribution in [0.5, 0.6) is 0 Å². The van der Waals surface area contributed by atoms with E-state index in [0.717, 1.165) is 25.9 Å². The van der Waals surface area contributed by atoms with Gasteiger partial charge in [-0.25, -0.2) is 0 Å². The van der Waals surface area contributed by atoms with Gasteiger partial charge in [-0.1, -0.05) is 18.2 Å². The number of anilines is 1. The zero-order valence-corrected chi connectivity index (χ0v) is 13.5. The standard InChI is InChI=1S/C17H28N2O2/c1-4-19(15-11-7-6-8-12-15)14-10-9-13-17(3,18)16(20)21-5-2/h6-8,11-12H,4-5,9-10,13-14,18H2,1-3H3. The first-order chi connectivity index (χ1) is 10.0. The number of rotatable bonds is 9. The second-order valence-corrected chi connectivity index (χ2v) is 5.51. The van der Waals surface area contributed by atoms with Gasteiger partial charge in [-0.15, -0.1) is 0 Å². The minimum atomic E-state index is -0.875. The highest BCUT2D eigenvalue weighted by Gasteiger charge is 2.29. The van der Waals surface area contributed by atoms with Crippen LogP contribution in [0.4, 0.5) is 5.69 Å². The highest BCUT2D eigenvalue weighted by atomic mass is 16.5. The molecule has 0 aliphatic rings. The van der Waals surface area contributed by atoms with Crippen LogP contribution in [0, 0.1) is 0 Å². The van der Waals surface area contributed by atoms with Crippen LogP contribution in [0.15, 0.2) is 30.3 Å². The lowest BCUT2D eigenvalue weighted by Gasteiger charge is -2.25. The van der Waals surface area contributed by atoms with Gasteiger partial charge in [-0.2, -0.15) is 0 Å². The molecule has 0 amide bonds. The maximum absolute atomic E-state index is 11.7. The van der Waals surface area contributed by atoms with E-state index in [-0.39, 0.29) is 5.97 Å². The molecule has 0 aromatic heterocycles. The summed E-state index contributed by atoms with van der Waals surface area (Å²) in [5.41, 5.74) is 6.38. The van der Waals surface area contributed by atoms with Crippen LogP contribution in [-0.4, -0.2) is 31.2 Å². The highest BCUT2D eigenvalue weighted by Crippen LogP contribution is 2.16. The summed E-state index contributed by atoms with van der Waals surface area (Å²) >= 11 is 0. The third kappa shape index (κ3) is 5.76. The van der Waals surface area contributed by atoms with Gasteiger partial charge in [0.1, 0.15) is 5.54 Å². The molecule has 1 atom stereocenters. The largest absolute Gasteiger partial charge is 0.465 e. The van der Waals surface area contributed by atoms with Crippen LogP contribution in [0.1, 0.15) is 40.0 Å². The predicted molar refractivity (Wildman–Crippen MR) is 87.4 cm³/mol. The number of para-hydroxylation sites is 1. The molecular formula is C17H28N2O2. The molecule has 1 aromatic rings. The number of hydrogen-bond acceptors (Lipinski definition) is 4. The SMILES string of the molecule is CCOC(=O)C(C)(N)CCCCN(CC)c1ccccc1. The van der Waals surface area contributed by atoms with Crippen LogP contribution < -0.4 is 10.6 Å². The van der Waals surface area contributed by atoms with Crippen molar-refractivity contribution in [3.8, 4) is 0 Å². The van der Waals surface area contributed by atoms with Crippen LogP contribution >= 0.6 is 0 Å². The summed E-state index contributed by atoms with van der Waals surface area (Å²) in [4.78, 5) is 14.0. The number of carbonyl (C=O) groups excluding carboxylic acids is 1. The van der Waals surface area contributed by atoms with E-state index in [1.807, 2.05) is 6.07 Å². The number of benzene rings is 1. The molecule has 21 heavy (non-hydrogen) atoms. The zero-order chi connectivity index (χ0) is 15.7. The summed E-state index contributed by atoms with van der Waals surface area (Å²) < 4.78 is 5.00. The molecule has 118 valence electrons. The third-order valence-electron chi connectivity index (χ3n) is 3.62. The Kier molecular flexibility index (Phi) is 7.23. The van der Waals surface area contributed by atoms with Gasteiger partial charge in [0.2, 0.25) is 0 Å². The maximum atomic E-state index is 11.7. The molecule has 0 heterocycles. The normalized spacial score (nSPS) is 13.5. The quantitative estimate of drug-likeness (QED) is 0.561. The average Bonchev–Trinajstić information content (AvgIpc) is 2.48. The van der Waals surface area contributed by atoms with Crippen LogP contribution in [0.2, 0.25) is 0 Å². The fourth-order valence-corrected chi connectivity index (χ4v) is 2.30. The number of hydrogen-bond donors (Lipinski definition) is 1. The number of unbranched alkanes of at least 4 members (excludes halogenated alkanes) is 1. The molecule has 4 heteroatoms. The number of nitrogens with two attached hydrogens (primary N) is 1. The van der Waals surface area contributed by atoms with E-state index in [2.05, 4.69) is 36.1 Å². The Labute approximate surface area is 128 Å². The van der Waals surface area contributed by atoms with E-state index in [0.29, 0.717) is 13.0 Å². The van der Waals surface area contributed by atoms with E-state index in [1.54, 1.807) is 13.8 Å². The lowest BCUT2D eigenvalue weighted by atomic mass is 9.96. The summed E-state index contributed by atoms with van der Waals surface area (Å²) in [6.07, 6.45) is 2.57. The van der Waals surface area contributed by atoms with Gasteiger partial charge in [-0.3, -0.25) is 4.79 Å². The minimum absolute atomic E-state index is 0.305. The Morgan fingerprint density at radius 3 is 2.48 bits per heavy atom. The molecule has 1 aromatic carbocycles. The molecule has 0 spiro atoms. The van der Waals surface area contributed by atoms with Gasteiger partial charge in [0.05, 0.1) is 6.61 Å². The van der Waals surface area contributed by atoms with Gasteiger partial charge in [-0.05, 0) is 52.2 Å². The van der Waals surface area contributed by atoms with Crippen molar-refractivity contribution in [1.29, 1.82) is 0 Å². The first-order valence-electron chi connectivity index (χ1n) is 7.77. The molecule has 2 N–H and O–H groups in total. The number of esters is 1. The predicted octanol–water partition coefficient (Wildman–Crippen LogP) is 2.96. The Morgan fingerprint density at radius 2 is 1.90 bits per heavy atom. The van der Waals surface area contributed by atoms with Crippen molar-refractivity contribution >= 4 is 11.7 Å². The van der Waals surface area contributed by atoms with Crippen molar-refractivity contribution < 1.29 is 9.53 Å². The molecule has 0 aliphatic heterocycles. The van der Waals surface area contributed by atoms with Crippen LogP contribution in [-0.2, 0) is 9.53 Å². The van der Waals surface area contributed by atoms with Crippen molar-refractivity contribution in [2.75, 3.05) is 24.6 Å². The van der Waals surface area contributed by atoms with Crippen molar-refractivity contribution in [1.82, 2.24) is 0 Å². The minimum Gasteiger partial charge on any atom is -0.465 e. The lowest BCUT2D eigenvalue weighted by Crippen LogP contribution is -2.46. The highest BCUT2D eigenvalue weighted by molar-refractivity contribution is 5.79. The second kappa shape index (κ2) is 8.67. The Hall–Kier alpha value is -1.55. The summed E-state index contributed by atoms with van der Waals surface area (Å²) in [6, 6.07) is 10.4. The van der Waals surface area contributed by atoms with Gasteiger partial charge in [0.25, 0.3) is 0 Å². The summed E-state index contributed by atoms with van der Waals surface area (Å²) in [6.45, 7) is 8.02. The van der Waals surface area contributed by atoms with E-state index in [9.17, 15) is 4.79 Å². The maximum Gasteiger partial charge on any atom is 0.325 e. The van der Waals surface area contributed by atoms with E-state index >= 15 is 0 Å². The summed E-state index contributed by atoms with van der Waals surface area (Å²) in [5, 5.41) is 0. The monoisotopic (exact) mass is 292 g/mol. The van der Waals surface area contributed by atoms with Crippen LogP contribution in [0.3, 0.4) is 0 Å². The average molecular weight is 292 g/mol. The summed E-state index contributed by atoms with van der Waals surface area (Å²) in [7, 11) is 0. The molecule has 0 bridgehead atoms. The molecule has 0 aliphatic carbocycles. The Bertz CT molecular complexity index is 418. The molecule has 0 saturated carbocycles. The summed E-state index contributed by atoms with van der Waals surface area (Å²) in [5.74, 6) is -0.305. The fraction of sp³-hybridized carbons (Fsp3) is 0.588. The van der Waals surface area contributed by atoms with Gasteiger partial charge >= 0.3 is 5.97 Å². The van der Waals surface area contributed by atoms with E-state index < -0.39 is 5.54 Å². The third-order valence-corrected chi connectivity index (χ3v) is 3.62. The van der Waals surface area contributed by atoms with Crippen molar-refractivity contribution in [3.05, 3.63) is 30.3 Å². The number of ether oxygens (including phenoxy) is 1. The molecule has 1 unspecified atom stereocenters. The first-order valence-corrected chi connectivity index (χ1v) is 7.77. The van der Waals surface area contributed by atoms with Gasteiger partial charge in [0.15, 0.2) is 0 Å². The zero-order valence-electron chi connectivity index (χ0n) is 13.5. The van der Waals surface area contributed by atoms with Crippen molar-refractivity contribution in [2.45, 2.75) is 45.6 Å². The van der Waals surface area contributed by atoms with Crippen molar-refractivity contribution in [3.63, 3.8) is 0 Å². The molecule has 1 rings (SSSR count). The number of carbonyl (C=O) groups is 1. The second-order valence-electron chi connectivity index (χ2n) is 5.51. The van der Waals surface area contributed by atoms with Gasteiger partial charge in [0, 0.05) is 18.8 Å². The molecule has 4 nitrogen and oxygen atoms in total. The smallest absolute Gasteiger partial charge is 0.325 e. The first kappa shape index (κ1) is 17.5. The Morgan fingerprint density at radius 1 is 1.24 bits per heavy atom. The molecule has 0 saturated heterocycles. The van der Waals surface area contributed by atoms with E-state index in [1.165, 1.54) is 5.69 Å². The molecular weight excluding hydrogens is 264 g/mol. The topological polar surface area (TPSA) is 55.6 Å². The fourth-order valence-electron chi connectivity index (χ4n) is 2.30. The lowest BCUT2D eigenvalue weighted by molar-refractivity contribution is -0.149. The van der Waals surface area contributed by atoms with Gasteiger partial charge < -0.3 is 15.4 Å². The van der Waals surface area contributed by atoms with E-state index in [4.69, 9.17) is 10.5 Å². The molecule has 0 radical (unpaired) electrons. The Balaban J connectivity index is 2.37. The number of nitrogens with zero attached hydrogens (tertiary/aromatic N) is 1. The molecule has 0 fully saturated rings. The van der Waals surface area contributed by atoms with Crippen LogP contribution in [0.25, 0.3) is 0 Å².